The number of carboxylic acids is 1. The number of nitrogens with zero attached hydrogens (tertiary/aromatic N) is 3. The van der Waals surface area contributed by atoms with Gasteiger partial charge in [0.2, 0.25) is 0 Å². The Labute approximate surface area is 97.8 Å². The topological polar surface area (TPSA) is 96.0 Å². The van der Waals surface area contributed by atoms with E-state index in [1.807, 2.05) is 0 Å². The highest BCUT2D eigenvalue weighted by Gasteiger charge is 2.52. The Balaban J connectivity index is 2.15. The van der Waals surface area contributed by atoms with Gasteiger partial charge in [0, 0.05) is 33.0 Å². The van der Waals surface area contributed by atoms with Gasteiger partial charge >= 0.3 is 12.1 Å². The largest absolute Gasteiger partial charge is 0.550 e. The summed E-state index contributed by atoms with van der Waals surface area (Å²) >= 11 is 0. The molecule has 17 heavy (non-hydrogen) atoms. The predicted octanol–water partition coefficient (Wildman–Crippen LogP) is -2.20. The van der Waals surface area contributed by atoms with E-state index in [1.165, 1.54) is 14.7 Å². The number of carboxylic acid groups (broad SMARTS) is 1. The lowest BCUT2D eigenvalue weighted by atomic mass is 10.3. The Morgan fingerprint density at radius 2 is 2.00 bits per heavy atom. The van der Waals surface area contributed by atoms with Gasteiger partial charge in [-0.2, -0.15) is 0 Å². The van der Waals surface area contributed by atoms with E-state index in [9.17, 15) is 19.5 Å². The molecule has 2 heterocycles. The molecule has 8 heteroatoms. The van der Waals surface area contributed by atoms with Crippen molar-refractivity contribution in [3.8, 4) is 0 Å². The van der Waals surface area contributed by atoms with Crippen LogP contribution in [-0.4, -0.2) is 65.7 Å². The molecule has 0 unspecified atom stereocenters. The summed E-state index contributed by atoms with van der Waals surface area (Å²) in [6, 6.07) is -0.578. The van der Waals surface area contributed by atoms with Crippen LogP contribution in [0.5, 0.6) is 0 Å². The SMILES string of the molecule is CN1C(=O)N(C)[C@H]2[C@H]1NC(=O)N2CCC(=O)[O-]. The van der Waals surface area contributed by atoms with E-state index in [-0.39, 0.29) is 25.0 Å². The summed E-state index contributed by atoms with van der Waals surface area (Å²) in [5, 5.41) is 13.0. The number of urea groups is 2. The monoisotopic (exact) mass is 241 g/mol. The fourth-order valence-corrected chi connectivity index (χ4v) is 2.22. The molecule has 8 nitrogen and oxygen atoms in total. The quantitative estimate of drug-likeness (QED) is 0.606. The van der Waals surface area contributed by atoms with E-state index in [0.29, 0.717) is 0 Å². The van der Waals surface area contributed by atoms with Crippen molar-refractivity contribution in [3.63, 3.8) is 0 Å². The van der Waals surface area contributed by atoms with Crippen molar-refractivity contribution in [1.29, 1.82) is 0 Å². The zero-order valence-electron chi connectivity index (χ0n) is 9.54. The number of carbonyl (C=O) groups is 3. The van der Waals surface area contributed by atoms with Gasteiger partial charge in [-0.3, -0.25) is 4.90 Å². The van der Waals surface area contributed by atoms with Crippen LogP contribution < -0.4 is 10.4 Å². The smallest absolute Gasteiger partial charge is 0.323 e. The van der Waals surface area contributed by atoms with E-state index >= 15 is 0 Å². The third kappa shape index (κ3) is 1.65. The van der Waals surface area contributed by atoms with Crippen LogP contribution in [0.3, 0.4) is 0 Å². The van der Waals surface area contributed by atoms with Crippen LogP contribution in [0.4, 0.5) is 9.59 Å². The molecule has 2 rings (SSSR count). The van der Waals surface area contributed by atoms with Gasteiger partial charge in [0.05, 0.1) is 0 Å². The standard InChI is InChI=1S/C9H14N4O4/c1-11-6-7(12(2)9(11)17)13(8(16)10-6)4-3-5(14)15/h6-7H,3-4H2,1-2H3,(H,10,16)(H,14,15)/p-1/t6-,7+/m0/s1. The first-order chi connectivity index (χ1) is 7.93. The van der Waals surface area contributed by atoms with E-state index < -0.39 is 18.3 Å². The molecule has 94 valence electrons. The van der Waals surface area contributed by atoms with Gasteiger partial charge < -0.3 is 25.0 Å². The third-order valence-electron chi connectivity index (χ3n) is 3.11. The van der Waals surface area contributed by atoms with Crippen LogP contribution >= 0.6 is 0 Å². The van der Waals surface area contributed by atoms with Gasteiger partial charge in [0.25, 0.3) is 0 Å². The molecule has 0 saturated carbocycles. The van der Waals surface area contributed by atoms with E-state index in [1.54, 1.807) is 14.1 Å². The summed E-state index contributed by atoms with van der Waals surface area (Å²) in [5.41, 5.74) is 0. The van der Waals surface area contributed by atoms with E-state index in [4.69, 9.17) is 0 Å². The Morgan fingerprint density at radius 1 is 1.35 bits per heavy atom. The van der Waals surface area contributed by atoms with E-state index in [2.05, 4.69) is 5.32 Å². The molecule has 1 N–H and O–H groups in total. The maximum absolute atomic E-state index is 11.7. The number of hydrogen-bond acceptors (Lipinski definition) is 4. The van der Waals surface area contributed by atoms with Crippen LogP contribution in [0, 0.1) is 0 Å². The molecule has 2 aliphatic heterocycles. The van der Waals surface area contributed by atoms with Crippen molar-refractivity contribution in [2.75, 3.05) is 20.6 Å². The van der Waals surface area contributed by atoms with Crippen LogP contribution in [0.15, 0.2) is 0 Å². The highest BCUT2D eigenvalue weighted by Crippen LogP contribution is 2.26. The lowest BCUT2D eigenvalue weighted by molar-refractivity contribution is -0.305. The maximum Gasteiger partial charge on any atom is 0.323 e. The Kier molecular flexibility index (Phi) is 2.56. The zero-order valence-corrected chi connectivity index (χ0v) is 9.54. The van der Waals surface area contributed by atoms with Crippen molar-refractivity contribution in [3.05, 3.63) is 0 Å². The molecule has 2 saturated heterocycles. The van der Waals surface area contributed by atoms with Crippen molar-refractivity contribution >= 4 is 18.0 Å². The molecule has 2 aliphatic rings. The predicted molar refractivity (Wildman–Crippen MR) is 53.4 cm³/mol. The number of nitrogens with one attached hydrogen (secondary N) is 1. The fourth-order valence-electron chi connectivity index (χ4n) is 2.22. The Morgan fingerprint density at radius 3 is 2.59 bits per heavy atom. The lowest BCUT2D eigenvalue weighted by Gasteiger charge is -2.26. The number of amides is 4. The number of hydrogen-bond donors (Lipinski definition) is 1. The normalized spacial score (nSPS) is 27.5. The minimum absolute atomic E-state index is 0.0286. The first-order valence-electron chi connectivity index (χ1n) is 5.20. The minimum Gasteiger partial charge on any atom is -0.550 e. The third-order valence-corrected chi connectivity index (χ3v) is 3.11. The van der Waals surface area contributed by atoms with Crippen LogP contribution in [-0.2, 0) is 4.79 Å². The van der Waals surface area contributed by atoms with Gasteiger partial charge in [0.1, 0.15) is 12.3 Å². The number of carbonyl (C=O) groups excluding carboxylic acids is 3. The second-order valence-corrected chi connectivity index (χ2v) is 4.13. The summed E-state index contributed by atoms with van der Waals surface area (Å²) < 4.78 is 0. The Bertz CT molecular complexity index is 385. The molecule has 0 aliphatic carbocycles. The fraction of sp³-hybridized carbons (Fsp3) is 0.667. The second kappa shape index (κ2) is 3.79. The van der Waals surface area contributed by atoms with Crippen LogP contribution in [0.2, 0.25) is 0 Å². The number of aliphatic carboxylic acids is 1. The molecule has 2 fully saturated rings. The summed E-state index contributed by atoms with van der Waals surface area (Å²) in [5.74, 6) is -1.22. The van der Waals surface area contributed by atoms with Crippen LogP contribution in [0.1, 0.15) is 6.42 Å². The van der Waals surface area contributed by atoms with Gasteiger partial charge in [-0.1, -0.05) is 0 Å². The summed E-state index contributed by atoms with van der Waals surface area (Å²) in [6.45, 7) is 0.0286. The van der Waals surface area contributed by atoms with Crippen LogP contribution in [0.25, 0.3) is 0 Å². The number of fused-ring (bicyclic) bond motifs is 1. The second-order valence-electron chi connectivity index (χ2n) is 4.13. The molecule has 4 amide bonds. The molecule has 0 bridgehead atoms. The zero-order chi connectivity index (χ0) is 12.7. The first-order valence-corrected chi connectivity index (χ1v) is 5.20. The van der Waals surface area contributed by atoms with Gasteiger partial charge in [-0.15, -0.1) is 0 Å². The van der Waals surface area contributed by atoms with Gasteiger partial charge in [-0.25, -0.2) is 9.59 Å². The average molecular weight is 241 g/mol. The van der Waals surface area contributed by atoms with Gasteiger partial charge in [0.15, 0.2) is 0 Å². The number of rotatable bonds is 3. The highest BCUT2D eigenvalue weighted by molar-refractivity contribution is 5.85. The molecule has 0 radical (unpaired) electrons. The van der Waals surface area contributed by atoms with E-state index in [0.717, 1.165) is 0 Å². The first kappa shape index (κ1) is 11.5. The molecular formula is C9H13N4O4-. The maximum atomic E-state index is 11.7. The molecule has 0 aromatic carbocycles. The Hall–Kier alpha value is -1.99. The highest BCUT2D eigenvalue weighted by atomic mass is 16.4. The number of likely N-dealkylation sites (N-methyl/N-ethyl adjacent to an activating group) is 2. The molecular weight excluding hydrogens is 228 g/mol. The summed E-state index contributed by atoms with van der Waals surface area (Å²) in [7, 11) is 3.17. The summed E-state index contributed by atoms with van der Waals surface area (Å²) in [4.78, 5) is 37.9. The molecule has 2 atom stereocenters. The van der Waals surface area contributed by atoms with Crippen molar-refractivity contribution < 1.29 is 19.5 Å². The van der Waals surface area contributed by atoms with Crippen molar-refractivity contribution in [2.24, 2.45) is 0 Å². The van der Waals surface area contributed by atoms with Gasteiger partial charge in [-0.05, 0) is 0 Å². The molecule has 0 aromatic rings. The summed E-state index contributed by atoms with van der Waals surface area (Å²) in [6.07, 6.45) is -1.14. The van der Waals surface area contributed by atoms with Crippen molar-refractivity contribution in [1.82, 2.24) is 20.0 Å². The minimum atomic E-state index is -1.22. The molecule has 0 spiro atoms. The molecule has 0 aromatic heterocycles. The average Bonchev–Trinajstić information content (AvgIpc) is 2.68. The lowest BCUT2D eigenvalue weighted by Crippen LogP contribution is -2.45. The van der Waals surface area contributed by atoms with Crippen molar-refractivity contribution in [2.45, 2.75) is 18.8 Å².